The summed E-state index contributed by atoms with van der Waals surface area (Å²) in [6.07, 6.45) is 3.11. The lowest BCUT2D eigenvalue weighted by Gasteiger charge is -2.15. The maximum absolute atomic E-state index is 11.2. The first-order chi connectivity index (χ1) is 7.06. The van der Waals surface area contributed by atoms with Gasteiger partial charge in [0.15, 0.2) is 0 Å². The number of pyridine rings is 1. The topological polar surface area (TPSA) is 77.2 Å². The van der Waals surface area contributed by atoms with Gasteiger partial charge in [0.05, 0.1) is 29.2 Å². The van der Waals surface area contributed by atoms with E-state index in [-0.39, 0.29) is 5.97 Å². The van der Waals surface area contributed by atoms with E-state index in [0.29, 0.717) is 15.8 Å². The Morgan fingerprint density at radius 3 is 2.87 bits per heavy atom. The summed E-state index contributed by atoms with van der Waals surface area (Å²) in [7, 11) is 1.34. The van der Waals surface area contributed by atoms with Gasteiger partial charge in [-0.1, -0.05) is 0 Å². The van der Waals surface area contributed by atoms with E-state index in [0.717, 1.165) is 0 Å². The van der Waals surface area contributed by atoms with Gasteiger partial charge in [0.2, 0.25) is 0 Å². The first kappa shape index (κ1) is 11.8. The number of nitrogen functional groups attached to an aromatic ring is 1. The first-order valence-corrected chi connectivity index (χ1v) is 5.09. The number of hydrogen-bond acceptors (Lipinski definition) is 5. The molecular formula is C9H12BrN3O2. The third-order valence-corrected chi connectivity index (χ3v) is 2.45. The highest BCUT2D eigenvalue weighted by atomic mass is 79.9. The lowest BCUT2D eigenvalue weighted by Crippen LogP contribution is -2.27. The molecule has 1 aromatic rings. The second-order valence-electron chi connectivity index (χ2n) is 2.97. The lowest BCUT2D eigenvalue weighted by molar-refractivity contribution is -0.141. The van der Waals surface area contributed by atoms with Crippen LogP contribution in [0.25, 0.3) is 0 Å². The van der Waals surface area contributed by atoms with Gasteiger partial charge >= 0.3 is 5.97 Å². The molecule has 0 aliphatic rings. The summed E-state index contributed by atoms with van der Waals surface area (Å²) in [5, 5.41) is 2.94. The quantitative estimate of drug-likeness (QED) is 0.815. The van der Waals surface area contributed by atoms with Crippen LogP contribution in [-0.4, -0.2) is 24.1 Å². The molecule has 6 heteroatoms. The normalized spacial score (nSPS) is 11.9. The minimum Gasteiger partial charge on any atom is -0.467 e. The molecule has 82 valence electrons. The highest BCUT2D eigenvalue weighted by Gasteiger charge is 2.15. The summed E-state index contributed by atoms with van der Waals surface area (Å²) in [6.45, 7) is 1.69. The molecule has 15 heavy (non-hydrogen) atoms. The van der Waals surface area contributed by atoms with Crippen molar-refractivity contribution in [3.8, 4) is 0 Å². The molecule has 1 atom stereocenters. The number of hydrogen-bond donors (Lipinski definition) is 2. The Labute approximate surface area is 96.1 Å². The highest BCUT2D eigenvalue weighted by Crippen LogP contribution is 2.27. The molecule has 1 rings (SSSR count). The molecule has 0 spiro atoms. The summed E-state index contributed by atoms with van der Waals surface area (Å²) >= 11 is 3.29. The van der Waals surface area contributed by atoms with Gasteiger partial charge in [0.1, 0.15) is 6.04 Å². The van der Waals surface area contributed by atoms with E-state index in [1.165, 1.54) is 13.3 Å². The summed E-state index contributed by atoms with van der Waals surface area (Å²) in [6, 6.07) is -0.462. The Morgan fingerprint density at radius 1 is 1.67 bits per heavy atom. The molecule has 0 saturated carbocycles. The number of methoxy groups -OCH3 is 1. The Balaban J connectivity index is 2.85. The van der Waals surface area contributed by atoms with E-state index in [4.69, 9.17) is 5.73 Å². The third-order valence-electron chi connectivity index (χ3n) is 1.84. The molecule has 5 nitrogen and oxygen atoms in total. The van der Waals surface area contributed by atoms with E-state index in [2.05, 4.69) is 31.0 Å². The van der Waals surface area contributed by atoms with Crippen LogP contribution < -0.4 is 11.1 Å². The van der Waals surface area contributed by atoms with E-state index < -0.39 is 6.04 Å². The molecule has 1 aromatic heterocycles. The van der Waals surface area contributed by atoms with Crippen molar-refractivity contribution in [3.05, 3.63) is 16.9 Å². The van der Waals surface area contributed by atoms with Crippen molar-refractivity contribution in [2.75, 3.05) is 18.2 Å². The molecule has 1 heterocycles. The fourth-order valence-corrected chi connectivity index (χ4v) is 1.52. The molecule has 0 amide bonds. The zero-order valence-corrected chi connectivity index (χ0v) is 10.0. The van der Waals surface area contributed by atoms with Crippen LogP contribution in [0, 0.1) is 0 Å². The minimum absolute atomic E-state index is 0.349. The van der Waals surface area contributed by atoms with Crippen molar-refractivity contribution in [2.45, 2.75) is 13.0 Å². The molecule has 0 fully saturated rings. The Morgan fingerprint density at radius 2 is 2.33 bits per heavy atom. The van der Waals surface area contributed by atoms with Gasteiger partial charge in [-0.25, -0.2) is 4.79 Å². The number of nitrogens with two attached hydrogens (primary N) is 1. The number of aromatic nitrogens is 1. The van der Waals surface area contributed by atoms with Crippen LogP contribution in [0.1, 0.15) is 6.92 Å². The van der Waals surface area contributed by atoms with Crippen LogP contribution in [-0.2, 0) is 9.53 Å². The zero-order chi connectivity index (χ0) is 11.4. The largest absolute Gasteiger partial charge is 0.467 e. The fraction of sp³-hybridized carbons (Fsp3) is 0.333. The molecule has 0 aliphatic carbocycles. The van der Waals surface area contributed by atoms with Gasteiger partial charge in [0.25, 0.3) is 0 Å². The summed E-state index contributed by atoms with van der Waals surface area (Å²) in [4.78, 5) is 15.1. The van der Waals surface area contributed by atoms with Gasteiger partial charge in [-0.3, -0.25) is 4.98 Å². The molecule has 0 radical (unpaired) electrons. The second kappa shape index (κ2) is 4.97. The highest BCUT2D eigenvalue weighted by molar-refractivity contribution is 9.10. The molecule has 1 unspecified atom stereocenters. The Kier molecular flexibility index (Phi) is 3.90. The minimum atomic E-state index is -0.462. The Bertz CT molecular complexity index is 350. The third kappa shape index (κ3) is 2.82. The van der Waals surface area contributed by atoms with Crippen molar-refractivity contribution >= 4 is 33.3 Å². The van der Waals surface area contributed by atoms with E-state index in [9.17, 15) is 4.79 Å². The molecular weight excluding hydrogens is 262 g/mol. The predicted molar refractivity (Wildman–Crippen MR) is 61.5 cm³/mol. The number of carbonyl (C=O) groups excluding carboxylic acids is 1. The smallest absolute Gasteiger partial charge is 0.327 e. The van der Waals surface area contributed by atoms with Crippen LogP contribution >= 0.6 is 15.9 Å². The molecule has 0 saturated heterocycles. The number of esters is 1. The van der Waals surface area contributed by atoms with Crippen LogP contribution in [0.4, 0.5) is 11.4 Å². The van der Waals surface area contributed by atoms with Crippen LogP contribution in [0.2, 0.25) is 0 Å². The van der Waals surface area contributed by atoms with Gasteiger partial charge in [-0.05, 0) is 22.9 Å². The fourth-order valence-electron chi connectivity index (χ4n) is 1.05. The zero-order valence-electron chi connectivity index (χ0n) is 8.45. The molecule has 0 aromatic carbocycles. The number of rotatable bonds is 3. The van der Waals surface area contributed by atoms with Crippen molar-refractivity contribution in [3.63, 3.8) is 0 Å². The number of ether oxygens (including phenoxy) is 1. The van der Waals surface area contributed by atoms with Crippen molar-refractivity contribution in [1.29, 1.82) is 0 Å². The lowest BCUT2D eigenvalue weighted by atomic mass is 10.3. The van der Waals surface area contributed by atoms with Crippen molar-refractivity contribution in [1.82, 2.24) is 4.98 Å². The number of carbonyl (C=O) groups is 1. The monoisotopic (exact) mass is 273 g/mol. The van der Waals surface area contributed by atoms with Crippen LogP contribution in [0.3, 0.4) is 0 Å². The van der Waals surface area contributed by atoms with Gasteiger partial charge in [-0.2, -0.15) is 0 Å². The summed E-state index contributed by atoms with van der Waals surface area (Å²) in [5.41, 5.74) is 6.82. The molecule has 3 N–H and O–H groups in total. The first-order valence-electron chi connectivity index (χ1n) is 4.29. The van der Waals surface area contributed by atoms with E-state index >= 15 is 0 Å². The SMILES string of the molecule is COC(=O)C(C)Nc1c(N)cncc1Br. The average Bonchev–Trinajstić information content (AvgIpc) is 2.22. The van der Waals surface area contributed by atoms with Crippen molar-refractivity contribution in [2.24, 2.45) is 0 Å². The Hall–Kier alpha value is -1.30. The number of halogens is 1. The average molecular weight is 274 g/mol. The number of nitrogens with one attached hydrogen (secondary N) is 1. The van der Waals surface area contributed by atoms with Gasteiger partial charge < -0.3 is 15.8 Å². The summed E-state index contributed by atoms with van der Waals surface area (Å²) < 4.78 is 5.30. The van der Waals surface area contributed by atoms with Gasteiger partial charge in [-0.15, -0.1) is 0 Å². The molecule has 0 bridgehead atoms. The van der Waals surface area contributed by atoms with Crippen LogP contribution in [0.5, 0.6) is 0 Å². The molecule has 0 aliphatic heterocycles. The van der Waals surface area contributed by atoms with Crippen molar-refractivity contribution < 1.29 is 9.53 Å². The number of nitrogens with zero attached hydrogens (tertiary/aromatic N) is 1. The standard InChI is InChI=1S/C9H12BrN3O2/c1-5(9(14)15-2)13-8-6(10)3-12-4-7(8)11/h3-5H,11H2,1-2H3,(H,12,13). The van der Waals surface area contributed by atoms with Crippen LogP contribution in [0.15, 0.2) is 16.9 Å². The van der Waals surface area contributed by atoms with E-state index in [1.54, 1.807) is 13.1 Å². The summed E-state index contributed by atoms with van der Waals surface area (Å²) in [5.74, 6) is -0.349. The van der Waals surface area contributed by atoms with E-state index in [1.807, 2.05) is 0 Å². The second-order valence-corrected chi connectivity index (χ2v) is 3.83. The maximum Gasteiger partial charge on any atom is 0.327 e. The van der Waals surface area contributed by atoms with Gasteiger partial charge in [0, 0.05) is 6.20 Å². The maximum atomic E-state index is 11.2. The number of anilines is 2. The predicted octanol–water partition coefficient (Wildman–Crippen LogP) is 1.40.